The van der Waals surface area contributed by atoms with E-state index in [1.54, 1.807) is 73.7 Å². The number of imide groups is 2. The van der Waals surface area contributed by atoms with Crippen LogP contribution in [0.4, 0.5) is 15.8 Å². The Labute approximate surface area is 312 Å². The monoisotopic (exact) mass is 783 g/mol. The van der Waals surface area contributed by atoms with Crippen molar-refractivity contribution in [2.75, 3.05) is 16.9 Å². The number of phenols is 1. The van der Waals surface area contributed by atoms with Crippen LogP contribution in [0.2, 0.25) is 5.02 Å². The SMILES string of the molecule is CCOc1cccc([C@H]2C3=CC[C@@H]4C(=O)N(c5ccc(Br)cc5)C(=O)[C@@H]4[C@@H]3C[C@H]3C(=O)N(Nc4ccc(F)cc4)C(=O)[C@@]23c2ccc(Cl)cc2)c1O. The summed E-state index contributed by atoms with van der Waals surface area (Å²) in [5, 5.41) is 13.3. The first-order valence-electron chi connectivity index (χ1n) is 17.0. The van der Waals surface area contributed by atoms with Gasteiger partial charge in [0.2, 0.25) is 11.8 Å². The highest BCUT2D eigenvalue weighted by Crippen LogP contribution is 2.65. The standard InChI is InChI=1S/C40H32BrClFN3O6/c1-2-52-32-5-3-4-29(35(32)47)34-27-18-19-28-33(38(50)45(36(28)48)26-16-8-22(41)9-17-26)30(27)20-31-37(49)46(44-25-14-12-24(43)13-15-25)39(51)40(31,34)21-6-10-23(42)11-7-21/h3-18,28,30-31,33-34,44,47H,2,19-20H2,1H3/t28-,30+,31-,33-,34+,40+/m0/s1. The second kappa shape index (κ2) is 12.9. The Bertz CT molecular complexity index is 2160. The van der Waals surface area contributed by atoms with E-state index in [4.69, 9.17) is 16.3 Å². The minimum Gasteiger partial charge on any atom is -0.504 e. The van der Waals surface area contributed by atoms with E-state index >= 15 is 4.79 Å². The minimum absolute atomic E-state index is 0.0669. The van der Waals surface area contributed by atoms with E-state index < -0.39 is 52.6 Å². The number of aromatic hydroxyl groups is 1. The summed E-state index contributed by atoms with van der Waals surface area (Å²) in [6, 6.07) is 24.0. The third kappa shape index (κ3) is 5.08. The fourth-order valence-corrected chi connectivity index (χ4v) is 9.28. The number of anilines is 2. The first-order valence-corrected chi connectivity index (χ1v) is 18.2. The Morgan fingerprint density at radius 3 is 2.33 bits per heavy atom. The van der Waals surface area contributed by atoms with Crippen molar-refractivity contribution in [2.45, 2.75) is 31.1 Å². The maximum atomic E-state index is 15.3. The van der Waals surface area contributed by atoms with Crippen LogP contribution in [-0.2, 0) is 24.6 Å². The van der Waals surface area contributed by atoms with Gasteiger partial charge in [-0.3, -0.25) is 29.5 Å². The molecule has 3 fully saturated rings. The Hall–Kier alpha value is -5.00. The van der Waals surface area contributed by atoms with Gasteiger partial charge in [0.1, 0.15) is 5.82 Å². The number of carbonyl (C=O) groups is 4. The van der Waals surface area contributed by atoms with Gasteiger partial charge in [-0.2, -0.15) is 5.01 Å². The molecule has 0 bridgehead atoms. The Balaban J connectivity index is 1.34. The quantitative estimate of drug-likeness (QED) is 0.147. The van der Waals surface area contributed by atoms with Gasteiger partial charge in [-0.05, 0) is 98.0 Å². The molecule has 4 amide bonds. The predicted octanol–water partition coefficient (Wildman–Crippen LogP) is 7.54. The summed E-state index contributed by atoms with van der Waals surface area (Å²) < 4.78 is 20.5. The van der Waals surface area contributed by atoms with Crippen LogP contribution >= 0.6 is 27.5 Å². The molecule has 8 rings (SSSR count). The number of ether oxygens (including phenoxy) is 1. The lowest BCUT2D eigenvalue weighted by molar-refractivity contribution is -0.138. The van der Waals surface area contributed by atoms with Gasteiger partial charge in [0, 0.05) is 21.0 Å². The highest BCUT2D eigenvalue weighted by Gasteiger charge is 2.70. The average Bonchev–Trinajstić information content (AvgIpc) is 3.52. The number of carbonyl (C=O) groups excluding carboxylic acids is 4. The van der Waals surface area contributed by atoms with Crippen LogP contribution in [0.25, 0.3) is 0 Å². The summed E-state index contributed by atoms with van der Waals surface area (Å²) in [5.41, 5.74) is 3.55. The smallest absolute Gasteiger partial charge is 0.260 e. The van der Waals surface area contributed by atoms with Gasteiger partial charge in [0.05, 0.1) is 41.2 Å². The number of halogens is 3. The number of hydrogen-bond donors (Lipinski definition) is 2. The van der Waals surface area contributed by atoms with Crippen LogP contribution in [-0.4, -0.2) is 40.4 Å². The molecule has 0 spiro atoms. The third-order valence-electron chi connectivity index (χ3n) is 11.0. The minimum atomic E-state index is -1.64. The summed E-state index contributed by atoms with van der Waals surface area (Å²) >= 11 is 9.78. The van der Waals surface area contributed by atoms with Crippen molar-refractivity contribution in [1.29, 1.82) is 0 Å². The molecular formula is C40H32BrClFN3O6. The zero-order chi connectivity index (χ0) is 36.5. The van der Waals surface area contributed by atoms with E-state index in [2.05, 4.69) is 21.4 Å². The number of fused-ring (bicyclic) bond motifs is 4. The Kier molecular flexibility index (Phi) is 8.46. The van der Waals surface area contributed by atoms with Crippen molar-refractivity contribution in [2.24, 2.45) is 23.7 Å². The molecule has 9 nitrogen and oxygen atoms in total. The van der Waals surface area contributed by atoms with Gasteiger partial charge in [-0.1, -0.05) is 63.4 Å². The van der Waals surface area contributed by atoms with Crippen molar-refractivity contribution in [3.8, 4) is 11.5 Å². The van der Waals surface area contributed by atoms with Gasteiger partial charge in [0.25, 0.3) is 11.8 Å². The van der Waals surface area contributed by atoms with Gasteiger partial charge in [-0.25, -0.2) is 4.39 Å². The van der Waals surface area contributed by atoms with E-state index in [0.29, 0.717) is 33.1 Å². The van der Waals surface area contributed by atoms with E-state index in [9.17, 15) is 23.9 Å². The molecule has 4 aromatic rings. The number of allylic oxidation sites excluding steroid dienone is 2. The lowest BCUT2D eigenvalue weighted by atomic mass is 9.49. The fourth-order valence-electron chi connectivity index (χ4n) is 8.89. The van der Waals surface area contributed by atoms with E-state index in [1.165, 1.54) is 29.2 Å². The molecule has 4 aliphatic rings. The van der Waals surface area contributed by atoms with Crippen LogP contribution < -0.4 is 15.1 Å². The molecule has 0 unspecified atom stereocenters. The zero-order valence-corrected chi connectivity index (χ0v) is 30.1. The molecule has 2 saturated heterocycles. The number of phenolic OH excluding ortho intramolecular Hbond substituents is 1. The molecule has 0 aromatic heterocycles. The first kappa shape index (κ1) is 34.1. The Morgan fingerprint density at radius 1 is 0.923 bits per heavy atom. The molecule has 264 valence electrons. The molecule has 12 heteroatoms. The third-order valence-corrected chi connectivity index (χ3v) is 11.8. The zero-order valence-electron chi connectivity index (χ0n) is 27.8. The van der Waals surface area contributed by atoms with Crippen LogP contribution in [0.5, 0.6) is 11.5 Å². The lowest BCUT2D eigenvalue weighted by Gasteiger charge is -2.50. The Morgan fingerprint density at radius 2 is 1.63 bits per heavy atom. The van der Waals surface area contributed by atoms with Gasteiger partial charge >= 0.3 is 0 Å². The molecule has 2 N–H and O–H groups in total. The van der Waals surface area contributed by atoms with Crippen molar-refractivity contribution >= 4 is 62.5 Å². The fraction of sp³-hybridized carbons (Fsp3) is 0.250. The maximum Gasteiger partial charge on any atom is 0.260 e. The first-order chi connectivity index (χ1) is 25.1. The predicted molar refractivity (Wildman–Crippen MR) is 195 cm³/mol. The summed E-state index contributed by atoms with van der Waals surface area (Å²) in [6.45, 7) is 2.05. The normalized spacial score (nSPS) is 26.5. The number of para-hydroxylation sites is 1. The second-order valence-electron chi connectivity index (χ2n) is 13.5. The van der Waals surface area contributed by atoms with Crippen molar-refractivity contribution in [1.82, 2.24) is 5.01 Å². The number of amides is 4. The molecule has 0 radical (unpaired) electrons. The molecule has 1 saturated carbocycles. The number of rotatable bonds is 7. The number of hydrogen-bond acceptors (Lipinski definition) is 7. The number of hydrazine groups is 1. The maximum absolute atomic E-state index is 15.3. The van der Waals surface area contributed by atoms with E-state index in [0.717, 1.165) is 9.48 Å². The van der Waals surface area contributed by atoms with Crippen LogP contribution in [0.15, 0.2) is 107 Å². The van der Waals surface area contributed by atoms with Crippen molar-refractivity contribution < 1.29 is 33.4 Å². The highest BCUT2D eigenvalue weighted by atomic mass is 79.9. The summed E-state index contributed by atoms with van der Waals surface area (Å²) in [7, 11) is 0. The topological polar surface area (TPSA) is 116 Å². The van der Waals surface area contributed by atoms with Gasteiger partial charge < -0.3 is 9.84 Å². The highest BCUT2D eigenvalue weighted by molar-refractivity contribution is 9.10. The van der Waals surface area contributed by atoms with Crippen LogP contribution in [0.3, 0.4) is 0 Å². The molecule has 2 aliphatic carbocycles. The molecule has 6 atom stereocenters. The second-order valence-corrected chi connectivity index (χ2v) is 14.8. The van der Waals surface area contributed by atoms with Gasteiger partial charge in [-0.15, -0.1) is 0 Å². The molecular weight excluding hydrogens is 753 g/mol. The summed E-state index contributed by atoms with van der Waals surface area (Å²) in [5.74, 6) is -6.50. The van der Waals surface area contributed by atoms with Crippen molar-refractivity contribution in [3.05, 3.63) is 129 Å². The van der Waals surface area contributed by atoms with Crippen LogP contribution in [0.1, 0.15) is 36.8 Å². The number of benzene rings is 4. The molecule has 4 aromatic carbocycles. The van der Waals surface area contributed by atoms with Crippen LogP contribution in [0, 0.1) is 29.5 Å². The largest absolute Gasteiger partial charge is 0.504 e. The summed E-state index contributed by atoms with van der Waals surface area (Å²) in [6.07, 6.45) is 2.20. The number of nitrogens with zero attached hydrogens (tertiary/aromatic N) is 2. The summed E-state index contributed by atoms with van der Waals surface area (Å²) in [4.78, 5) is 59.8. The van der Waals surface area contributed by atoms with E-state index in [-0.39, 0.29) is 42.8 Å². The molecule has 2 heterocycles. The van der Waals surface area contributed by atoms with E-state index in [1.807, 2.05) is 6.08 Å². The average molecular weight is 785 g/mol. The lowest BCUT2D eigenvalue weighted by Crippen LogP contribution is -2.53. The number of nitrogens with one attached hydrogen (secondary N) is 1. The van der Waals surface area contributed by atoms with Gasteiger partial charge in [0.15, 0.2) is 11.5 Å². The molecule has 2 aliphatic heterocycles. The van der Waals surface area contributed by atoms with Crippen molar-refractivity contribution in [3.63, 3.8) is 0 Å². The molecule has 52 heavy (non-hydrogen) atoms.